The van der Waals surface area contributed by atoms with Crippen molar-refractivity contribution in [2.45, 2.75) is 40.2 Å². The summed E-state index contributed by atoms with van der Waals surface area (Å²) in [4.78, 5) is 27.3. The minimum Gasteiger partial charge on any atom is -0.351 e. The van der Waals surface area contributed by atoms with Crippen LogP contribution in [0.1, 0.15) is 36.5 Å². The monoisotopic (exact) mass is 379 g/mol. The van der Waals surface area contributed by atoms with Gasteiger partial charge in [-0.1, -0.05) is 42.0 Å². The Bertz CT molecular complexity index is 847. The topological polar surface area (TPSA) is 61.4 Å². The summed E-state index contributed by atoms with van der Waals surface area (Å²) in [6.07, 6.45) is 1.59. The zero-order chi connectivity index (χ0) is 20.1. The maximum atomic E-state index is 12.9. The number of anilines is 1. The van der Waals surface area contributed by atoms with Crippen LogP contribution in [0, 0.1) is 19.3 Å². The van der Waals surface area contributed by atoms with Gasteiger partial charge in [-0.15, -0.1) is 0 Å². The third kappa shape index (κ3) is 4.71. The van der Waals surface area contributed by atoms with Gasteiger partial charge in [0.05, 0.1) is 5.41 Å². The summed E-state index contributed by atoms with van der Waals surface area (Å²) >= 11 is 0. The number of likely N-dealkylation sites (tertiary alicyclic amines) is 1. The number of carbonyl (C=O) groups excluding carboxylic acids is 2. The van der Waals surface area contributed by atoms with Gasteiger partial charge in [0, 0.05) is 25.3 Å². The Hall–Kier alpha value is -2.82. The zero-order valence-corrected chi connectivity index (χ0v) is 16.9. The van der Waals surface area contributed by atoms with Crippen molar-refractivity contribution < 1.29 is 9.59 Å². The molecule has 2 aromatic carbocycles. The van der Waals surface area contributed by atoms with Crippen molar-refractivity contribution in [3.63, 3.8) is 0 Å². The Labute approximate surface area is 167 Å². The third-order valence-corrected chi connectivity index (χ3v) is 5.54. The first-order valence-electron chi connectivity index (χ1n) is 9.83. The van der Waals surface area contributed by atoms with E-state index in [1.54, 1.807) is 4.90 Å². The molecule has 3 rings (SSSR count). The molecule has 0 spiro atoms. The molecule has 0 unspecified atom stereocenters. The van der Waals surface area contributed by atoms with E-state index in [4.69, 9.17) is 0 Å². The number of rotatable bonds is 4. The van der Waals surface area contributed by atoms with Gasteiger partial charge in [-0.05, 0) is 56.9 Å². The minimum absolute atomic E-state index is 0.00332. The van der Waals surface area contributed by atoms with Crippen LogP contribution in [0.4, 0.5) is 10.5 Å². The Kier molecular flexibility index (Phi) is 6.02. The van der Waals surface area contributed by atoms with E-state index in [2.05, 4.69) is 10.6 Å². The predicted molar refractivity (Wildman–Crippen MR) is 112 cm³/mol. The molecule has 1 heterocycles. The molecular weight excluding hydrogens is 350 g/mol. The van der Waals surface area contributed by atoms with Crippen molar-refractivity contribution in [2.75, 3.05) is 18.4 Å². The normalized spacial score (nSPS) is 19.2. The molecule has 0 saturated carbocycles. The lowest BCUT2D eigenvalue weighted by Gasteiger charge is -2.39. The summed E-state index contributed by atoms with van der Waals surface area (Å²) in [6, 6.07) is 15.6. The van der Waals surface area contributed by atoms with E-state index in [1.165, 1.54) is 0 Å². The van der Waals surface area contributed by atoms with E-state index in [9.17, 15) is 9.59 Å². The van der Waals surface area contributed by atoms with Gasteiger partial charge in [0.25, 0.3) is 0 Å². The highest BCUT2D eigenvalue weighted by Gasteiger charge is 2.39. The molecule has 148 valence electrons. The quantitative estimate of drug-likeness (QED) is 0.834. The van der Waals surface area contributed by atoms with E-state index in [1.807, 2.05) is 69.3 Å². The van der Waals surface area contributed by atoms with E-state index in [-0.39, 0.29) is 11.9 Å². The van der Waals surface area contributed by atoms with Crippen LogP contribution in [0.2, 0.25) is 0 Å². The molecule has 1 aliphatic heterocycles. The number of piperidine rings is 1. The van der Waals surface area contributed by atoms with Crippen molar-refractivity contribution in [3.05, 3.63) is 65.2 Å². The smallest absolute Gasteiger partial charge is 0.321 e. The number of benzene rings is 2. The molecule has 1 fully saturated rings. The number of nitrogens with one attached hydrogen (secondary N) is 2. The molecule has 28 heavy (non-hydrogen) atoms. The Morgan fingerprint density at radius 3 is 2.50 bits per heavy atom. The van der Waals surface area contributed by atoms with Crippen molar-refractivity contribution in [1.82, 2.24) is 10.2 Å². The molecule has 3 amide bonds. The average molecular weight is 380 g/mol. The number of urea groups is 1. The number of nitrogens with zero attached hydrogens (tertiary/aromatic N) is 1. The molecule has 5 nitrogen and oxygen atoms in total. The van der Waals surface area contributed by atoms with Crippen molar-refractivity contribution in [3.8, 4) is 0 Å². The lowest BCUT2D eigenvalue weighted by molar-refractivity contribution is -0.132. The molecule has 1 atom stereocenters. The first kappa shape index (κ1) is 19.9. The van der Waals surface area contributed by atoms with Crippen molar-refractivity contribution in [1.29, 1.82) is 0 Å². The average Bonchev–Trinajstić information content (AvgIpc) is 2.69. The minimum atomic E-state index is -0.578. The zero-order valence-electron chi connectivity index (χ0n) is 16.9. The van der Waals surface area contributed by atoms with Gasteiger partial charge in [-0.3, -0.25) is 4.79 Å². The maximum absolute atomic E-state index is 12.9. The summed E-state index contributed by atoms with van der Waals surface area (Å²) in [5.41, 5.74) is 3.62. The lowest BCUT2D eigenvalue weighted by atomic mass is 9.81. The fourth-order valence-electron chi connectivity index (χ4n) is 3.63. The predicted octanol–water partition coefficient (Wildman–Crippen LogP) is 4.25. The number of hydrogen-bond donors (Lipinski definition) is 2. The van der Waals surface area contributed by atoms with E-state index in [0.29, 0.717) is 19.6 Å². The van der Waals surface area contributed by atoms with Crippen LogP contribution in [0.15, 0.2) is 48.5 Å². The number of amides is 3. The highest BCUT2D eigenvalue weighted by Crippen LogP contribution is 2.30. The summed E-state index contributed by atoms with van der Waals surface area (Å²) in [5, 5.41) is 6.00. The molecule has 2 aromatic rings. The Balaban J connectivity index is 1.60. The summed E-state index contributed by atoms with van der Waals surface area (Å²) in [6.45, 7) is 7.60. The Morgan fingerprint density at radius 1 is 1.07 bits per heavy atom. The molecule has 0 bridgehead atoms. The van der Waals surface area contributed by atoms with E-state index in [0.717, 1.165) is 35.2 Å². The molecular formula is C23H29N3O2. The molecule has 1 saturated heterocycles. The van der Waals surface area contributed by atoms with Gasteiger partial charge in [0.2, 0.25) is 5.91 Å². The molecule has 0 aliphatic carbocycles. The summed E-state index contributed by atoms with van der Waals surface area (Å²) in [5.74, 6) is 0.00332. The molecule has 2 N–H and O–H groups in total. The maximum Gasteiger partial charge on any atom is 0.321 e. The van der Waals surface area contributed by atoms with Crippen molar-refractivity contribution >= 4 is 17.6 Å². The Morgan fingerprint density at radius 2 is 1.79 bits per heavy atom. The van der Waals surface area contributed by atoms with Crippen LogP contribution in [0.5, 0.6) is 0 Å². The van der Waals surface area contributed by atoms with Crippen LogP contribution in [0.25, 0.3) is 0 Å². The SMILES string of the molecule is Cc1ccc(NC(=O)N2CCC[C@@](C)(C(=O)NCc3ccccc3C)C2)cc1. The molecule has 0 radical (unpaired) electrons. The van der Waals surface area contributed by atoms with Gasteiger partial charge in [0.1, 0.15) is 0 Å². The summed E-state index contributed by atoms with van der Waals surface area (Å²) in [7, 11) is 0. The molecule has 0 aromatic heterocycles. The van der Waals surface area contributed by atoms with Crippen molar-refractivity contribution in [2.24, 2.45) is 5.41 Å². The second kappa shape index (κ2) is 8.46. The van der Waals surface area contributed by atoms with Gasteiger partial charge < -0.3 is 15.5 Å². The van der Waals surface area contributed by atoms with Gasteiger partial charge in [-0.2, -0.15) is 0 Å². The number of carbonyl (C=O) groups is 2. The largest absolute Gasteiger partial charge is 0.351 e. The highest BCUT2D eigenvalue weighted by atomic mass is 16.2. The third-order valence-electron chi connectivity index (χ3n) is 5.54. The molecule has 1 aliphatic rings. The van der Waals surface area contributed by atoms with Gasteiger partial charge in [-0.25, -0.2) is 4.79 Å². The van der Waals surface area contributed by atoms with Crippen LogP contribution in [0.3, 0.4) is 0 Å². The number of aryl methyl sites for hydroxylation is 2. The lowest BCUT2D eigenvalue weighted by Crippen LogP contribution is -2.52. The van der Waals surface area contributed by atoms with Gasteiger partial charge in [0.15, 0.2) is 0 Å². The molecule has 5 heteroatoms. The first-order chi connectivity index (χ1) is 13.4. The fourth-order valence-corrected chi connectivity index (χ4v) is 3.63. The second-order valence-corrected chi connectivity index (χ2v) is 7.99. The standard InChI is InChI=1S/C23H29N3O2/c1-17-9-11-20(12-10-17)25-22(28)26-14-6-13-23(3,16-26)21(27)24-15-19-8-5-4-7-18(19)2/h4-5,7-12H,6,13-16H2,1-3H3,(H,24,27)(H,25,28)/t23-/m1/s1. The van der Waals surface area contributed by atoms with Crippen LogP contribution in [-0.2, 0) is 11.3 Å². The van der Waals surface area contributed by atoms with Crippen LogP contribution in [-0.4, -0.2) is 29.9 Å². The highest BCUT2D eigenvalue weighted by molar-refractivity contribution is 5.90. The summed E-state index contributed by atoms with van der Waals surface area (Å²) < 4.78 is 0. The number of hydrogen-bond acceptors (Lipinski definition) is 2. The van der Waals surface area contributed by atoms with E-state index >= 15 is 0 Å². The van der Waals surface area contributed by atoms with Crippen LogP contribution >= 0.6 is 0 Å². The fraction of sp³-hybridized carbons (Fsp3) is 0.391. The van der Waals surface area contributed by atoms with Gasteiger partial charge >= 0.3 is 6.03 Å². The second-order valence-electron chi connectivity index (χ2n) is 7.99. The van der Waals surface area contributed by atoms with E-state index < -0.39 is 5.41 Å². The first-order valence-corrected chi connectivity index (χ1v) is 9.83. The van der Waals surface area contributed by atoms with Crippen LogP contribution < -0.4 is 10.6 Å².